The molecule has 0 radical (unpaired) electrons. The van der Waals surface area contributed by atoms with E-state index in [1.807, 2.05) is 0 Å². The van der Waals surface area contributed by atoms with Crippen LogP contribution in [-0.2, 0) is 12.8 Å². The van der Waals surface area contributed by atoms with Gasteiger partial charge in [0.2, 0.25) is 0 Å². The number of aromatic amines is 1. The minimum atomic E-state index is 0.617. The zero-order valence-corrected chi connectivity index (χ0v) is 9.65. The van der Waals surface area contributed by atoms with Crippen LogP contribution in [0.25, 0.3) is 10.9 Å². The Morgan fingerprint density at radius 2 is 2.00 bits per heavy atom. The summed E-state index contributed by atoms with van der Waals surface area (Å²) in [7, 11) is 0. The molecular formula is C14H17N. The van der Waals surface area contributed by atoms with Crippen LogP contribution in [0.15, 0.2) is 12.1 Å². The first-order valence-electron chi connectivity index (χ1n) is 5.81. The number of aryl methyl sites for hydroxylation is 3. The van der Waals surface area contributed by atoms with E-state index in [0.717, 1.165) is 0 Å². The summed E-state index contributed by atoms with van der Waals surface area (Å²) in [6, 6.07) is 4.52. The second-order valence-corrected chi connectivity index (χ2v) is 4.94. The Bertz CT molecular complexity index is 532. The van der Waals surface area contributed by atoms with Crippen molar-refractivity contribution in [2.24, 2.45) is 0 Å². The minimum Gasteiger partial charge on any atom is -0.358 e. The molecule has 1 N–H and O–H groups in total. The summed E-state index contributed by atoms with van der Waals surface area (Å²) in [5.41, 5.74) is 7.36. The minimum absolute atomic E-state index is 0.617. The number of benzene rings is 1. The Hall–Kier alpha value is -1.24. The normalized spacial score (nSPS) is 14.4. The van der Waals surface area contributed by atoms with Crippen molar-refractivity contribution in [3.05, 3.63) is 34.5 Å². The molecule has 0 saturated carbocycles. The smallest absolute Gasteiger partial charge is 0.0461 e. The van der Waals surface area contributed by atoms with E-state index >= 15 is 0 Å². The molecule has 0 saturated heterocycles. The van der Waals surface area contributed by atoms with E-state index < -0.39 is 0 Å². The summed E-state index contributed by atoms with van der Waals surface area (Å²) >= 11 is 0. The van der Waals surface area contributed by atoms with Gasteiger partial charge < -0.3 is 4.98 Å². The van der Waals surface area contributed by atoms with Gasteiger partial charge in [-0.2, -0.15) is 0 Å². The van der Waals surface area contributed by atoms with E-state index in [1.165, 1.54) is 35.0 Å². The fraction of sp³-hybridized carbons (Fsp3) is 0.429. The van der Waals surface area contributed by atoms with Crippen LogP contribution in [-0.4, -0.2) is 4.98 Å². The summed E-state index contributed by atoms with van der Waals surface area (Å²) < 4.78 is 0. The molecule has 0 aliphatic heterocycles. The molecule has 1 heterocycles. The van der Waals surface area contributed by atoms with Crippen LogP contribution in [0.1, 0.15) is 42.1 Å². The lowest BCUT2D eigenvalue weighted by molar-refractivity contribution is 0.835. The van der Waals surface area contributed by atoms with E-state index in [-0.39, 0.29) is 0 Å². The van der Waals surface area contributed by atoms with Gasteiger partial charge >= 0.3 is 0 Å². The highest BCUT2D eigenvalue weighted by molar-refractivity contribution is 5.90. The molecule has 1 heteroatoms. The Kier molecular flexibility index (Phi) is 1.73. The van der Waals surface area contributed by atoms with Gasteiger partial charge in [-0.3, -0.25) is 0 Å². The molecule has 0 fully saturated rings. The van der Waals surface area contributed by atoms with E-state index in [1.54, 1.807) is 11.1 Å². The van der Waals surface area contributed by atoms with Gasteiger partial charge in [0.05, 0.1) is 0 Å². The lowest BCUT2D eigenvalue weighted by Crippen LogP contribution is -2.09. The van der Waals surface area contributed by atoms with Gasteiger partial charge in [-0.05, 0) is 48.4 Å². The van der Waals surface area contributed by atoms with Crippen molar-refractivity contribution < 1.29 is 0 Å². The highest BCUT2D eigenvalue weighted by Gasteiger charge is 2.21. The van der Waals surface area contributed by atoms with Gasteiger partial charge in [0.25, 0.3) is 0 Å². The molecule has 0 bridgehead atoms. The van der Waals surface area contributed by atoms with E-state index in [4.69, 9.17) is 0 Å². The first kappa shape index (κ1) is 9.02. The van der Waals surface area contributed by atoms with Gasteiger partial charge in [-0.25, -0.2) is 0 Å². The maximum Gasteiger partial charge on any atom is 0.0461 e. The highest BCUT2D eigenvalue weighted by atomic mass is 14.7. The first-order valence-corrected chi connectivity index (χ1v) is 5.81. The predicted octanol–water partition coefficient (Wildman–Crippen LogP) is 3.70. The third-order valence-corrected chi connectivity index (χ3v) is 3.63. The van der Waals surface area contributed by atoms with Crippen molar-refractivity contribution in [2.75, 3.05) is 0 Å². The van der Waals surface area contributed by atoms with Crippen molar-refractivity contribution in [1.82, 2.24) is 4.98 Å². The number of H-pyrrole nitrogens is 1. The molecule has 1 nitrogen and oxygen atoms in total. The lowest BCUT2D eigenvalue weighted by Gasteiger charge is -2.21. The fourth-order valence-electron chi connectivity index (χ4n) is 2.88. The molecule has 2 aromatic rings. The van der Waals surface area contributed by atoms with Gasteiger partial charge in [-0.1, -0.05) is 19.9 Å². The van der Waals surface area contributed by atoms with Crippen LogP contribution >= 0.6 is 0 Å². The molecule has 78 valence electrons. The number of nitrogens with one attached hydrogen (secondary N) is 1. The van der Waals surface area contributed by atoms with Crippen LogP contribution in [0, 0.1) is 6.92 Å². The molecule has 1 aromatic heterocycles. The number of hydrogen-bond acceptors (Lipinski definition) is 0. The fourth-order valence-corrected chi connectivity index (χ4v) is 2.88. The quantitative estimate of drug-likeness (QED) is 0.720. The molecule has 0 spiro atoms. The van der Waals surface area contributed by atoms with Gasteiger partial charge in [0.15, 0.2) is 0 Å². The molecule has 1 aliphatic rings. The topological polar surface area (TPSA) is 15.8 Å². The maximum atomic E-state index is 3.51. The van der Waals surface area contributed by atoms with Crippen molar-refractivity contribution in [3.63, 3.8) is 0 Å². The Balaban J connectivity index is 2.42. The summed E-state index contributed by atoms with van der Waals surface area (Å²) in [5, 5.41) is 1.52. The van der Waals surface area contributed by atoms with Crippen LogP contribution < -0.4 is 0 Å². The summed E-state index contributed by atoms with van der Waals surface area (Å²) in [4.78, 5) is 3.51. The summed E-state index contributed by atoms with van der Waals surface area (Å²) in [6.07, 6.45) is 2.54. The maximum absolute atomic E-state index is 3.51. The number of hydrogen-bond donors (Lipinski definition) is 1. The number of fused-ring (bicyclic) bond motifs is 3. The van der Waals surface area contributed by atoms with Crippen molar-refractivity contribution in [3.8, 4) is 0 Å². The third-order valence-electron chi connectivity index (χ3n) is 3.63. The van der Waals surface area contributed by atoms with Crippen LogP contribution in [0.3, 0.4) is 0 Å². The molecule has 1 aliphatic carbocycles. The average molecular weight is 199 g/mol. The van der Waals surface area contributed by atoms with Gasteiger partial charge in [0.1, 0.15) is 0 Å². The molecule has 0 unspecified atom stereocenters. The van der Waals surface area contributed by atoms with Crippen LogP contribution in [0.2, 0.25) is 0 Å². The molecule has 1 aromatic carbocycles. The SMILES string of the molecule is Cc1[nH]c2ccc3c(c2c1C(C)C)CC3. The van der Waals surface area contributed by atoms with Gasteiger partial charge in [-0.15, -0.1) is 0 Å². The zero-order valence-electron chi connectivity index (χ0n) is 9.65. The number of aromatic nitrogens is 1. The van der Waals surface area contributed by atoms with Gasteiger partial charge in [0, 0.05) is 16.6 Å². The first-order chi connectivity index (χ1) is 7.18. The highest BCUT2D eigenvalue weighted by Crippen LogP contribution is 2.37. The van der Waals surface area contributed by atoms with Crippen LogP contribution in [0.5, 0.6) is 0 Å². The van der Waals surface area contributed by atoms with Crippen molar-refractivity contribution >= 4 is 10.9 Å². The average Bonchev–Trinajstić information content (AvgIpc) is 2.41. The third kappa shape index (κ3) is 1.09. The largest absolute Gasteiger partial charge is 0.358 e. The Morgan fingerprint density at radius 3 is 2.60 bits per heavy atom. The Morgan fingerprint density at radius 1 is 1.20 bits per heavy atom. The predicted molar refractivity (Wildman–Crippen MR) is 64.5 cm³/mol. The van der Waals surface area contributed by atoms with Crippen molar-refractivity contribution in [2.45, 2.75) is 39.5 Å². The summed E-state index contributed by atoms with van der Waals surface area (Å²) in [5.74, 6) is 0.617. The second-order valence-electron chi connectivity index (χ2n) is 4.94. The monoisotopic (exact) mass is 199 g/mol. The standard InChI is InChI=1S/C14H17N/c1-8(2)13-9(3)15-12-7-5-10-4-6-11(10)14(12)13/h5,7-8,15H,4,6H2,1-3H3. The summed E-state index contributed by atoms with van der Waals surface area (Å²) in [6.45, 7) is 6.77. The molecule has 15 heavy (non-hydrogen) atoms. The van der Waals surface area contributed by atoms with Crippen LogP contribution in [0.4, 0.5) is 0 Å². The zero-order chi connectivity index (χ0) is 10.6. The lowest BCUT2D eigenvalue weighted by atomic mass is 9.83. The van der Waals surface area contributed by atoms with E-state index in [2.05, 4.69) is 37.9 Å². The molecular weight excluding hydrogens is 182 g/mol. The Labute approximate surface area is 90.5 Å². The molecule has 0 atom stereocenters. The molecule has 0 amide bonds. The van der Waals surface area contributed by atoms with Crippen molar-refractivity contribution in [1.29, 1.82) is 0 Å². The molecule has 3 rings (SSSR count). The van der Waals surface area contributed by atoms with E-state index in [0.29, 0.717) is 5.92 Å². The second kappa shape index (κ2) is 2.88. The van der Waals surface area contributed by atoms with E-state index in [9.17, 15) is 0 Å². The number of rotatable bonds is 1.